The zero-order chi connectivity index (χ0) is 18.6. The van der Waals surface area contributed by atoms with Crippen molar-refractivity contribution in [1.82, 2.24) is 14.9 Å². The van der Waals surface area contributed by atoms with Crippen molar-refractivity contribution in [2.75, 3.05) is 19.6 Å². The van der Waals surface area contributed by atoms with E-state index >= 15 is 0 Å². The first-order chi connectivity index (χ1) is 13.2. The van der Waals surface area contributed by atoms with Gasteiger partial charge in [0.15, 0.2) is 5.78 Å². The smallest absolute Gasteiger partial charge is 0.166 e. The van der Waals surface area contributed by atoms with Gasteiger partial charge in [0, 0.05) is 29.8 Å². The van der Waals surface area contributed by atoms with Gasteiger partial charge in [0.2, 0.25) is 0 Å². The molecule has 0 N–H and O–H groups in total. The molecule has 2 aromatic carbocycles. The number of fused-ring (bicyclic) bond motifs is 1. The van der Waals surface area contributed by atoms with Crippen LogP contribution in [0.1, 0.15) is 28.9 Å². The summed E-state index contributed by atoms with van der Waals surface area (Å²) in [6, 6.07) is 14.0. The first-order valence-electron chi connectivity index (χ1n) is 9.41. The third kappa shape index (κ3) is 4.54. The van der Waals surface area contributed by atoms with Gasteiger partial charge in [0.05, 0.1) is 11.2 Å². The summed E-state index contributed by atoms with van der Waals surface area (Å²) in [5.41, 5.74) is 2.67. The van der Waals surface area contributed by atoms with Crippen LogP contribution in [0.5, 0.6) is 0 Å². The molecule has 1 aliphatic heterocycles. The molecular formula is C22H23ClFN3O. The van der Waals surface area contributed by atoms with Crippen molar-refractivity contribution in [3.8, 4) is 0 Å². The molecule has 28 heavy (non-hydrogen) atoms. The highest BCUT2D eigenvalue weighted by molar-refractivity contribution is 5.97. The van der Waals surface area contributed by atoms with Crippen LogP contribution in [0.25, 0.3) is 10.9 Å². The fourth-order valence-electron chi connectivity index (χ4n) is 3.79. The third-order valence-corrected chi connectivity index (χ3v) is 5.38. The number of carbonyl (C=O) groups is 1. The SMILES string of the molecule is Cl.O=C(c1ccc(F)cc1)C1CCN(CCc2ncnc3ccccc23)CC1. The van der Waals surface area contributed by atoms with E-state index in [-0.39, 0.29) is 29.9 Å². The topological polar surface area (TPSA) is 46.1 Å². The van der Waals surface area contributed by atoms with E-state index < -0.39 is 0 Å². The van der Waals surface area contributed by atoms with Crippen LogP contribution in [0, 0.1) is 11.7 Å². The van der Waals surface area contributed by atoms with Crippen LogP contribution in [-0.4, -0.2) is 40.3 Å². The van der Waals surface area contributed by atoms with Gasteiger partial charge in [-0.1, -0.05) is 18.2 Å². The molecule has 2 heterocycles. The Morgan fingerprint density at radius 3 is 2.50 bits per heavy atom. The second-order valence-corrected chi connectivity index (χ2v) is 7.07. The van der Waals surface area contributed by atoms with E-state index in [9.17, 15) is 9.18 Å². The highest BCUT2D eigenvalue weighted by Gasteiger charge is 2.25. The maximum atomic E-state index is 13.0. The molecule has 0 atom stereocenters. The normalized spacial score (nSPS) is 15.3. The van der Waals surface area contributed by atoms with Gasteiger partial charge >= 0.3 is 0 Å². The van der Waals surface area contributed by atoms with Gasteiger partial charge in [-0.15, -0.1) is 12.4 Å². The van der Waals surface area contributed by atoms with Gasteiger partial charge in [-0.3, -0.25) is 4.79 Å². The van der Waals surface area contributed by atoms with Gasteiger partial charge in [-0.05, 0) is 56.3 Å². The molecule has 0 bridgehead atoms. The highest BCUT2D eigenvalue weighted by atomic mass is 35.5. The fourth-order valence-corrected chi connectivity index (χ4v) is 3.79. The fraction of sp³-hybridized carbons (Fsp3) is 0.318. The molecule has 4 rings (SSSR count). The van der Waals surface area contributed by atoms with E-state index in [0.29, 0.717) is 5.56 Å². The second-order valence-electron chi connectivity index (χ2n) is 7.07. The lowest BCUT2D eigenvalue weighted by molar-refractivity contribution is 0.0841. The van der Waals surface area contributed by atoms with Crippen LogP contribution in [-0.2, 0) is 6.42 Å². The van der Waals surface area contributed by atoms with Crippen molar-refractivity contribution in [2.24, 2.45) is 5.92 Å². The van der Waals surface area contributed by atoms with Gasteiger partial charge in [-0.25, -0.2) is 14.4 Å². The predicted octanol–water partition coefficient (Wildman–Crippen LogP) is 4.33. The number of halogens is 2. The molecule has 0 unspecified atom stereocenters. The number of hydrogen-bond acceptors (Lipinski definition) is 4. The molecule has 1 aromatic heterocycles. The average Bonchev–Trinajstić information content (AvgIpc) is 2.72. The number of nitrogens with zero attached hydrogens (tertiary/aromatic N) is 3. The summed E-state index contributed by atoms with van der Waals surface area (Å²) < 4.78 is 13.0. The molecule has 1 saturated heterocycles. The van der Waals surface area contributed by atoms with Crippen molar-refractivity contribution in [1.29, 1.82) is 0 Å². The molecule has 3 aromatic rings. The molecule has 1 fully saturated rings. The lowest BCUT2D eigenvalue weighted by atomic mass is 9.89. The van der Waals surface area contributed by atoms with E-state index in [1.165, 1.54) is 12.1 Å². The minimum Gasteiger partial charge on any atom is -0.303 e. The van der Waals surface area contributed by atoms with Crippen molar-refractivity contribution < 1.29 is 9.18 Å². The number of likely N-dealkylation sites (tertiary alicyclic amines) is 1. The Morgan fingerprint density at radius 1 is 1.04 bits per heavy atom. The van der Waals surface area contributed by atoms with Gasteiger partial charge in [-0.2, -0.15) is 0 Å². The quantitative estimate of drug-likeness (QED) is 0.599. The number of aromatic nitrogens is 2. The number of para-hydroxylation sites is 1. The maximum absolute atomic E-state index is 13.0. The van der Waals surface area contributed by atoms with Crippen LogP contribution in [0.3, 0.4) is 0 Å². The Balaban J connectivity index is 0.00000225. The van der Waals surface area contributed by atoms with Gasteiger partial charge < -0.3 is 4.90 Å². The minimum absolute atomic E-state index is 0. The number of rotatable bonds is 5. The summed E-state index contributed by atoms with van der Waals surface area (Å²) in [4.78, 5) is 23.8. The number of Topliss-reactive ketones (excluding diaryl/α,β-unsaturated/α-hetero) is 1. The molecule has 0 amide bonds. The molecule has 0 radical (unpaired) electrons. The summed E-state index contributed by atoms with van der Waals surface area (Å²) in [7, 11) is 0. The lowest BCUT2D eigenvalue weighted by Crippen LogP contribution is -2.37. The molecule has 6 heteroatoms. The first kappa shape index (κ1) is 20.4. The summed E-state index contributed by atoms with van der Waals surface area (Å²) in [6.07, 6.45) is 4.20. The Labute approximate surface area is 170 Å². The van der Waals surface area contributed by atoms with E-state index in [1.807, 2.05) is 18.2 Å². The second kappa shape index (κ2) is 9.22. The standard InChI is InChI=1S/C22H22FN3O.ClH/c23-18-7-5-16(6-8-18)22(27)17-9-12-26(13-10-17)14-11-21-19-3-1-2-4-20(19)24-15-25-21;/h1-8,15,17H,9-14H2;1H. The molecule has 0 aliphatic carbocycles. The first-order valence-corrected chi connectivity index (χ1v) is 9.41. The Morgan fingerprint density at radius 2 is 1.75 bits per heavy atom. The van der Waals surface area contributed by atoms with Crippen molar-refractivity contribution in [3.05, 3.63) is 71.9 Å². The van der Waals surface area contributed by atoms with Crippen LogP contribution in [0.2, 0.25) is 0 Å². The summed E-state index contributed by atoms with van der Waals surface area (Å²) >= 11 is 0. The summed E-state index contributed by atoms with van der Waals surface area (Å²) in [6.45, 7) is 2.74. The van der Waals surface area contributed by atoms with E-state index in [1.54, 1.807) is 18.5 Å². The number of hydrogen-bond donors (Lipinski definition) is 0. The molecule has 1 aliphatic rings. The zero-order valence-electron chi connectivity index (χ0n) is 15.6. The lowest BCUT2D eigenvalue weighted by Gasteiger charge is -2.31. The van der Waals surface area contributed by atoms with E-state index in [2.05, 4.69) is 20.9 Å². The van der Waals surface area contributed by atoms with E-state index in [0.717, 1.165) is 55.5 Å². The van der Waals surface area contributed by atoms with Crippen LogP contribution in [0.15, 0.2) is 54.9 Å². The third-order valence-electron chi connectivity index (χ3n) is 5.38. The number of carbonyl (C=O) groups excluding carboxylic acids is 1. The molecule has 4 nitrogen and oxygen atoms in total. The van der Waals surface area contributed by atoms with Gasteiger partial charge in [0.25, 0.3) is 0 Å². The van der Waals surface area contributed by atoms with Crippen molar-refractivity contribution in [3.63, 3.8) is 0 Å². The Kier molecular flexibility index (Phi) is 6.70. The van der Waals surface area contributed by atoms with Crippen molar-refractivity contribution >= 4 is 29.1 Å². The minimum atomic E-state index is -0.307. The van der Waals surface area contributed by atoms with Crippen molar-refractivity contribution in [2.45, 2.75) is 19.3 Å². The van der Waals surface area contributed by atoms with Crippen LogP contribution >= 0.6 is 12.4 Å². The van der Waals surface area contributed by atoms with Gasteiger partial charge in [0.1, 0.15) is 12.1 Å². The molecule has 0 spiro atoms. The molecule has 0 saturated carbocycles. The number of benzene rings is 2. The molecular weight excluding hydrogens is 377 g/mol. The summed E-state index contributed by atoms with van der Waals surface area (Å²) in [5, 5.41) is 1.11. The van der Waals surface area contributed by atoms with Crippen LogP contribution in [0.4, 0.5) is 4.39 Å². The largest absolute Gasteiger partial charge is 0.303 e. The maximum Gasteiger partial charge on any atom is 0.166 e. The Bertz CT molecular complexity index is 935. The summed E-state index contributed by atoms with van der Waals surface area (Å²) in [5.74, 6) is -0.137. The highest BCUT2D eigenvalue weighted by Crippen LogP contribution is 2.23. The zero-order valence-corrected chi connectivity index (χ0v) is 16.4. The predicted molar refractivity (Wildman–Crippen MR) is 110 cm³/mol. The van der Waals surface area contributed by atoms with E-state index in [4.69, 9.17) is 0 Å². The number of ketones is 1. The monoisotopic (exact) mass is 399 g/mol. The number of piperidine rings is 1. The van der Waals surface area contributed by atoms with Crippen LogP contribution < -0.4 is 0 Å². The average molecular weight is 400 g/mol. The Hall–Kier alpha value is -2.37. The molecule has 146 valence electrons.